The molecule has 1 aliphatic heterocycles. The number of methoxy groups -OCH3 is 1. The van der Waals surface area contributed by atoms with Crippen LogP contribution in [0.5, 0.6) is 0 Å². The molecule has 1 saturated carbocycles. The molecule has 1 aromatic carbocycles. The molecule has 1 saturated heterocycles. The van der Waals surface area contributed by atoms with Crippen molar-refractivity contribution in [3.8, 4) is 0 Å². The Morgan fingerprint density at radius 3 is 2.79 bits per heavy atom. The summed E-state index contributed by atoms with van der Waals surface area (Å²) in [7, 11) is 1.79. The molecule has 5 heteroatoms. The number of hydrogen-bond acceptors (Lipinski definition) is 2. The zero-order valence-electron chi connectivity index (χ0n) is 10.8. The van der Waals surface area contributed by atoms with E-state index < -0.39 is 0 Å². The number of hydrogen-bond donors (Lipinski definition) is 1. The van der Waals surface area contributed by atoms with Crippen molar-refractivity contribution < 1.29 is 4.74 Å². The van der Waals surface area contributed by atoms with Gasteiger partial charge in [0, 0.05) is 24.5 Å². The predicted octanol–water partition coefficient (Wildman–Crippen LogP) is 3.68. The average molecular weight is 323 g/mol. The molecule has 2 atom stereocenters. The van der Waals surface area contributed by atoms with Crippen LogP contribution in [0.2, 0.25) is 10.0 Å². The Kier molecular flexibility index (Phi) is 4.39. The smallest absolute Gasteiger partial charge is 0.0595 e. The van der Waals surface area contributed by atoms with Crippen molar-refractivity contribution in [2.45, 2.75) is 18.3 Å². The lowest BCUT2D eigenvalue weighted by Gasteiger charge is -2.31. The minimum atomic E-state index is 0. The van der Waals surface area contributed by atoms with E-state index in [4.69, 9.17) is 27.9 Å². The maximum Gasteiger partial charge on any atom is 0.0595 e. The molecule has 2 fully saturated rings. The van der Waals surface area contributed by atoms with E-state index in [1.54, 1.807) is 7.11 Å². The third kappa shape index (κ3) is 2.28. The maximum absolute atomic E-state index is 6.15. The number of halogens is 3. The van der Waals surface area contributed by atoms with Crippen LogP contribution in [-0.2, 0) is 10.2 Å². The Labute approximate surface area is 130 Å². The molecule has 1 aliphatic carbocycles. The van der Waals surface area contributed by atoms with E-state index in [9.17, 15) is 0 Å². The molecule has 0 spiro atoms. The minimum Gasteiger partial charge on any atom is -0.384 e. The second kappa shape index (κ2) is 5.42. The zero-order valence-corrected chi connectivity index (χ0v) is 13.2. The first-order valence-corrected chi connectivity index (χ1v) is 7.04. The first kappa shape index (κ1) is 15.4. The van der Waals surface area contributed by atoms with Gasteiger partial charge in [0.15, 0.2) is 0 Å². The van der Waals surface area contributed by atoms with E-state index in [2.05, 4.69) is 11.4 Å². The lowest BCUT2D eigenvalue weighted by molar-refractivity contribution is 0.112. The summed E-state index contributed by atoms with van der Waals surface area (Å²) in [5.41, 5.74) is 1.78. The van der Waals surface area contributed by atoms with Crippen LogP contribution in [0.25, 0.3) is 0 Å². The van der Waals surface area contributed by atoms with E-state index >= 15 is 0 Å². The summed E-state index contributed by atoms with van der Waals surface area (Å²) >= 11 is 12.2. The van der Waals surface area contributed by atoms with Crippen LogP contribution in [0.4, 0.5) is 0 Å². The standard InChI is InChI=1S/C14H17Cl2NO.ClH/c1-18-9-13-4-5-17-8-14(13,7-13)10-2-3-11(15)12(16)6-10;/h2-3,6,17H,4-5,7-9H2,1H3;1H/t13-,14-;/m1./s1. The van der Waals surface area contributed by atoms with Crippen LogP contribution in [-0.4, -0.2) is 26.8 Å². The molecule has 1 aromatic rings. The number of ether oxygens (including phenoxy) is 1. The van der Waals surface area contributed by atoms with Gasteiger partial charge in [-0.05, 0) is 37.1 Å². The Morgan fingerprint density at radius 1 is 1.32 bits per heavy atom. The van der Waals surface area contributed by atoms with Crippen LogP contribution in [0, 0.1) is 5.41 Å². The fraction of sp³-hybridized carbons (Fsp3) is 0.571. The Balaban J connectivity index is 0.00000133. The van der Waals surface area contributed by atoms with Crippen molar-refractivity contribution in [2.75, 3.05) is 26.8 Å². The summed E-state index contributed by atoms with van der Waals surface area (Å²) in [6.07, 6.45) is 2.35. The topological polar surface area (TPSA) is 21.3 Å². The van der Waals surface area contributed by atoms with Crippen molar-refractivity contribution in [3.05, 3.63) is 33.8 Å². The van der Waals surface area contributed by atoms with Crippen LogP contribution in [0.15, 0.2) is 18.2 Å². The van der Waals surface area contributed by atoms with Gasteiger partial charge in [-0.1, -0.05) is 29.3 Å². The van der Waals surface area contributed by atoms with Gasteiger partial charge in [0.1, 0.15) is 0 Å². The Morgan fingerprint density at radius 2 is 2.11 bits per heavy atom. The van der Waals surface area contributed by atoms with Gasteiger partial charge >= 0.3 is 0 Å². The summed E-state index contributed by atoms with van der Waals surface area (Å²) < 4.78 is 5.44. The lowest BCUT2D eigenvalue weighted by Crippen LogP contribution is -2.40. The van der Waals surface area contributed by atoms with Crippen LogP contribution < -0.4 is 5.32 Å². The van der Waals surface area contributed by atoms with Gasteiger partial charge in [-0.15, -0.1) is 12.4 Å². The molecule has 106 valence electrons. The highest BCUT2D eigenvalue weighted by Gasteiger charge is 2.68. The van der Waals surface area contributed by atoms with Gasteiger partial charge in [-0.25, -0.2) is 0 Å². The van der Waals surface area contributed by atoms with Gasteiger partial charge in [-0.3, -0.25) is 0 Å². The lowest BCUT2D eigenvalue weighted by atomic mass is 9.82. The number of fused-ring (bicyclic) bond motifs is 1. The van der Waals surface area contributed by atoms with E-state index in [0.717, 1.165) is 19.7 Å². The van der Waals surface area contributed by atoms with E-state index in [0.29, 0.717) is 15.5 Å². The largest absolute Gasteiger partial charge is 0.384 e. The highest BCUT2D eigenvalue weighted by Crippen LogP contribution is 2.67. The first-order chi connectivity index (χ1) is 8.63. The number of piperidine rings is 1. The van der Waals surface area contributed by atoms with Crippen molar-refractivity contribution >= 4 is 35.6 Å². The molecule has 0 bridgehead atoms. The summed E-state index contributed by atoms with van der Waals surface area (Å²) in [6, 6.07) is 6.03. The molecule has 0 radical (unpaired) electrons. The molecule has 19 heavy (non-hydrogen) atoms. The quantitative estimate of drug-likeness (QED) is 0.916. The second-order valence-electron chi connectivity index (χ2n) is 5.53. The summed E-state index contributed by atoms with van der Waals surface area (Å²) in [5.74, 6) is 0. The zero-order chi connectivity index (χ0) is 12.8. The van der Waals surface area contributed by atoms with E-state index in [1.165, 1.54) is 18.4 Å². The van der Waals surface area contributed by atoms with E-state index in [1.807, 2.05) is 12.1 Å². The molecule has 0 aromatic heterocycles. The van der Waals surface area contributed by atoms with Gasteiger partial charge in [-0.2, -0.15) is 0 Å². The fourth-order valence-corrected chi connectivity index (χ4v) is 3.88. The molecule has 1 N–H and O–H groups in total. The number of benzene rings is 1. The van der Waals surface area contributed by atoms with Crippen LogP contribution in [0.1, 0.15) is 18.4 Å². The third-order valence-corrected chi connectivity index (χ3v) is 5.37. The predicted molar refractivity (Wildman–Crippen MR) is 81.8 cm³/mol. The summed E-state index contributed by atoms with van der Waals surface area (Å²) in [4.78, 5) is 0. The van der Waals surface area contributed by atoms with Crippen molar-refractivity contribution in [2.24, 2.45) is 5.41 Å². The molecule has 1 heterocycles. The molecular formula is C14H18Cl3NO. The van der Waals surface area contributed by atoms with Crippen LogP contribution in [0.3, 0.4) is 0 Å². The highest BCUT2D eigenvalue weighted by molar-refractivity contribution is 6.42. The molecule has 2 nitrogen and oxygen atoms in total. The van der Waals surface area contributed by atoms with E-state index in [-0.39, 0.29) is 17.8 Å². The summed E-state index contributed by atoms with van der Waals surface area (Å²) in [5, 5.41) is 4.77. The Bertz CT molecular complexity index is 478. The number of nitrogens with one attached hydrogen (secondary N) is 1. The van der Waals surface area contributed by atoms with Crippen molar-refractivity contribution in [1.82, 2.24) is 5.32 Å². The molecule has 2 aliphatic rings. The van der Waals surface area contributed by atoms with Crippen LogP contribution >= 0.6 is 35.6 Å². The Hall–Kier alpha value is 0.01000. The third-order valence-electron chi connectivity index (χ3n) is 4.63. The normalized spacial score (nSPS) is 32.4. The molecule has 3 rings (SSSR count). The van der Waals surface area contributed by atoms with Gasteiger partial charge in [0.05, 0.1) is 16.7 Å². The molecule has 0 amide bonds. The molecule has 0 unspecified atom stereocenters. The minimum absolute atomic E-state index is 0. The maximum atomic E-state index is 6.15. The van der Waals surface area contributed by atoms with Gasteiger partial charge < -0.3 is 10.1 Å². The fourth-order valence-electron chi connectivity index (χ4n) is 3.58. The average Bonchev–Trinajstić information content (AvgIpc) is 3.03. The molecular weight excluding hydrogens is 305 g/mol. The van der Waals surface area contributed by atoms with Crippen molar-refractivity contribution in [3.63, 3.8) is 0 Å². The summed E-state index contributed by atoms with van der Waals surface area (Å²) in [6.45, 7) is 2.91. The second-order valence-corrected chi connectivity index (χ2v) is 6.34. The van der Waals surface area contributed by atoms with Crippen molar-refractivity contribution in [1.29, 1.82) is 0 Å². The van der Waals surface area contributed by atoms with Gasteiger partial charge in [0.25, 0.3) is 0 Å². The SMILES string of the molecule is COC[C@]12CCNC[C@@]1(c1ccc(Cl)c(Cl)c1)C2.Cl. The monoisotopic (exact) mass is 321 g/mol. The number of rotatable bonds is 3. The highest BCUT2D eigenvalue weighted by atomic mass is 35.5. The first-order valence-electron chi connectivity index (χ1n) is 6.29. The van der Waals surface area contributed by atoms with Gasteiger partial charge in [0.2, 0.25) is 0 Å².